The average Bonchev–Trinajstić information content (AvgIpc) is 3.20. The lowest BCUT2D eigenvalue weighted by Crippen LogP contribution is -2.59. The first-order valence-corrected chi connectivity index (χ1v) is 7.23. The molecule has 2 aliphatic heterocycles. The van der Waals surface area contributed by atoms with Crippen molar-refractivity contribution in [3.8, 4) is 0 Å². The molecule has 0 aromatic carbocycles. The second-order valence-corrected chi connectivity index (χ2v) is 6.06. The fourth-order valence-corrected chi connectivity index (χ4v) is 2.69. The number of hydrogen-bond acceptors (Lipinski definition) is 5. The van der Waals surface area contributed by atoms with Crippen LogP contribution in [0.4, 0.5) is 0 Å². The van der Waals surface area contributed by atoms with E-state index in [1.165, 1.54) is 12.0 Å². The van der Waals surface area contributed by atoms with Crippen molar-refractivity contribution in [1.82, 2.24) is 15.1 Å². The standard InChI is InChI=1S/C14H23N3O4/c1-8(2)11(14(20)21-4)16(3)12(18)9-6-17(7-9)13(19)10-5-15-10/h8-11,15H,5-7H2,1-4H3/t10-,11-/m0/s1. The van der Waals surface area contributed by atoms with Crippen LogP contribution in [0.15, 0.2) is 0 Å². The van der Waals surface area contributed by atoms with Gasteiger partial charge in [-0.2, -0.15) is 0 Å². The first-order valence-electron chi connectivity index (χ1n) is 7.23. The summed E-state index contributed by atoms with van der Waals surface area (Å²) < 4.78 is 4.77. The smallest absolute Gasteiger partial charge is 0.328 e. The Morgan fingerprint density at radius 2 is 1.86 bits per heavy atom. The molecule has 0 radical (unpaired) electrons. The Morgan fingerprint density at radius 1 is 1.29 bits per heavy atom. The Kier molecular flexibility index (Phi) is 4.51. The van der Waals surface area contributed by atoms with Gasteiger partial charge in [-0.3, -0.25) is 9.59 Å². The third-order valence-electron chi connectivity index (χ3n) is 4.09. The molecule has 0 spiro atoms. The predicted octanol–water partition coefficient (Wildman–Crippen LogP) is -0.927. The Bertz CT molecular complexity index is 442. The number of nitrogens with zero attached hydrogens (tertiary/aromatic N) is 2. The molecular weight excluding hydrogens is 274 g/mol. The van der Waals surface area contributed by atoms with Crippen molar-refractivity contribution in [3.63, 3.8) is 0 Å². The molecule has 2 amide bonds. The van der Waals surface area contributed by atoms with Gasteiger partial charge in [0.25, 0.3) is 0 Å². The van der Waals surface area contributed by atoms with Crippen molar-refractivity contribution in [2.45, 2.75) is 25.9 Å². The minimum absolute atomic E-state index is 0.0279. The number of likely N-dealkylation sites (tertiary alicyclic amines) is 1. The zero-order valence-electron chi connectivity index (χ0n) is 13.0. The van der Waals surface area contributed by atoms with Crippen molar-refractivity contribution in [3.05, 3.63) is 0 Å². The van der Waals surface area contributed by atoms with E-state index in [0.29, 0.717) is 13.1 Å². The Morgan fingerprint density at radius 3 is 2.29 bits per heavy atom. The van der Waals surface area contributed by atoms with Gasteiger partial charge in [0, 0.05) is 26.7 Å². The van der Waals surface area contributed by atoms with Crippen molar-refractivity contribution < 1.29 is 19.1 Å². The first kappa shape index (κ1) is 15.8. The van der Waals surface area contributed by atoms with Crippen molar-refractivity contribution >= 4 is 17.8 Å². The maximum atomic E-state index is 12.4. The maximum Gasteiger partial charge on any atom is 0.328 e. The molecule has 2 heterocycles. The molecule has 0 saturated carbocycles. The van der Waals surface area contributed by atoms with E-state index in [0.717, 1.165) is 6.54 Å². The summed E-state index contributed by atoms with van der Waals surface area (Å²) in [5.74, 6) is -0.694. The first-order chi connectivity index (χ1) is 9.86. The largest absolute Gasteiger partial charge is 0.467 e. The van der Waals surface area contributed by atoms with E-state index < -0.39 is 12.0 Å². The van der Waals surface area contributed by atoms with Crippen molar-refractivity contribution in [2.75, 3.05) is 33.8 Å². The summed E-state index contributed by atoms with van der Waals surface area (Å²) in [6, 6.07) is -0.644. The summed E-state index contributed by atoms with van der Waals surface area (Å²) in [5, 5.41) is 2.96. The van der Waals surface area contributed by atoms with E-state index in [1.54, 1.807) is 11.9 Å². The highest BCUT2D eigenvalue weighted by molar-refractivity contribution is 5.90. The Labute approximate surface area is 124 Å². The molecule has 2 saturated heterocycles. The average molecular weight is 297 g/mol. The van der Waals surface area contributed by atoms with E-state index in [1.807, 2.05) is 13.8 Å². The number of hydrogen-bond donors (Lipinski definition) is 1. The molecule has 118 valence electrons. The van der Waals surface area contributed by atoms with Crippen LogP contribution >= 0.6 is 0 Å². The van der Waals surface area contributed by atoms with Crippen LogP contribution in [0, 0.1) is 11.8 Å². The normalized spacial score (nSPS) is 22.5. The van der Waals surface area contributed by atoms with E-state index >= 15 is 0 Å². The number of nitrogens with one attached hydrogen (secondary N) is 1. The number of carbonyl (C=O) groups is 3. The minimum Gasteiger partial charge on any atom is -0.467 e. The SMILES string of the molecule is COC(=O)[C@H](C(C)C)N(C)C(=O)C1CN(C(=O)[C@@H]2CN2)C1. The lowest BCUT2D eigenvalue weighted by Gasteiger charge is -2.41. The molecule has 2 rings (SSSR count). The maximum absolute atomic E-state index is 12.4. The molecular formula is C14H23N3O4. The van der Waals surface area contributed by atoms with Crippen molar-refractivity contribution in [1.29, 1.82) is 0 Å². The summed E-state index contributed by atoms with van der Waals surface area (Å²) in [6.45, 7) is 5.35. The zero-order chi connectivity index (χ0) is 15.7. The van der Waals surface area contributed by atoms with Gasteiger partial charge in [-0.05, 0) is 5.92 Å². The minimum atomic E-state index is -0.586. The van der Waals surface area contributed by atoms with E-state index in [9.17, 15) is 14.4 Å². The highest BCUT2D eigenvalue weighted by Gasteiger charge is 2.44. The van der Waals surface area contributed by atoms with E-state index in [2.05, 4.69) is 5.32 Å². The Hall–Kier alpha value is -1.63. The van der Waals surface area contributed by atoms with Gasteiger partial charge in [-0.1, -0.05) is 13.8 Å². The predicted molar refractivity (Wildman–Crippen MR) is 75.3 cm³/mol. The van der Waals surface area contributed by atoms with Crippen LogP contribution in [0.3, 0.4) is 0 Å². The molecule has 0 aromatic rings. The number of esters is 1. The van der Waals surface area contributed by atoms with Crippen molar-refractivity contribution in [2.24, 2.45) is 11.8 Å². The monoisotopic (exact) mass is 297 g/mol. The molecule has 7 nitrogen and oxygen atoms in total. The molecule has 2 fully saturated rings. The molecule has 0 aliphatic carbocycles. The molecule has 2 aliphatic rings. The third kappa shape index (κ3) is 3.18. The lowest BCUT2D eigenvalue weighted by atomic mass is 9.95. The molecule has 2 atom stereocenters. The summed E-state index contributed by atoms with van der Waals surface area (Å²) in [6.07, 6.45) is 0. The molecule has 0 unspecified atom stereocenters. The summed E-state index contributed by atoms with van der Waals surface area (Å²) in [7, 11) is 2.94. The van der Waals surface area contributed by atoms with Crippen LogP contribution < -0.4 is 5.32 Å². The van der Waals surface area contributed by atoms with Crippen LogP contribution in [-0.2, 0) is 19.1 Å². The van der Waals surface area contributed by atoms with Crippen LogP contribution in [-0.4, -0.2) is 73.5 Å². The fourth-order valence-electron chi connectivity index (χ4n) is 2.69. The highest BCUT2D eigenvalue weighted by atomic mass is 16.5. The highest BCUT2D eigenvalue weighted by Crippen LogP contribution is 2.22. The van der Waals surface area contributed by atoms with Crippen LogP contribution in [0.2, 0.25) is 0 Å². The van der Waals surface area contributed by atoms with Gasteiger partial charge in [0.1, 0.15) is 6.04 Å². The number of likely N-dealkylation sites (N-methyl/N-ethyl adjacent to an activating group) is 1. The van der Waals surface area contributed by atoms with Gasteiger partial charge in [-0.25, -0.2) is 4.79 Å². The fraction of sp³-hybridized carbons (Fsp3) is 0.786. The molecule has 1 N–H and O–H groups in total. The van der Waals surface area contributed by atoms with Gasteiger partial charge in [-0.15, -0.1) is 0 Å². The van der Waals surface area contributed by atoms with E-state index in [4.69, 9.17) is 4.74 Å². The summed E-state index contributed by atoms with van der Waals surface area (Å²) in [5.41, 5.74) is 0. The molecule has 7 heteroatoms. The summed E-state index contributed by atoms with van der Waals surface area (Å²) in [4.78, 5) is 39.1. The van der Waals surface area contributed by atoms with Crippen LogP contribution in [0.5, 0.6) is 0 Å². The second-order valence-electron chi connectivity index (χ2n) is 6.06. The number of methoxy groups -OCH3 is 1. The lowest BCUT2D eigenvalue weighted by molar-refractivity contribution is -0.159. The van der Waals surface area contributed by atoms with Gasteiger partial charge in [0.15, 0.2) is 0 Å². The van der Waals surface area contributed by atoms with Crippen LogP contribution in [0.25, 0.3) is 0 Å². The van der Waals surface area contributed by atoms with E-state index in [-0.39, 0.29) is 29.7 Å². The van der Waals surface area contributed by atoms with Crippen LogP contribution in [0.1, 0.15) is 13.8 Å². The number of amides is 2. The van der Waals surface area contributed by atoms with Gasteiger partial charge < -0.3 is 19.9 Å². The molecule has 0 aromatic heterocycles. The quantitative estimate of drug-likeness (QED) is 0.523. The van der Waals surface area contributed by atoms with Gasteiger partial charge in [0.05, 0.1) is 19.1 Å². The third-order valence-corrected chi connectivity index (χ3v) is 4.09. The van der Waals surface area contributed by atoms with Gasteiger partial charge >= 0.3 is 5.97 Å². The molecule has 0 bridgehead atoms. The number of ether oxygens (including phenoxy) is 1. The number of carbonyl (C=O) groups excluding carboxylic acids is 3. The zero-order valence-corrected chi connectivity index (χ0v) is 13.0. The molecule has 21 heavy (non-hydrogen) atoms. The number of rotatable bonds is 5. The topological polar surface area (TPSA) is 88.9 Å². The summed E-state index contributed by atoms with van der Waals surface area (Å²) >= 11 is 0. The Balaban J connectivity index is 1.90. The van der Waals surface area contributed by atoms with Gasteiger partial charge in [0.2, 0.25) is 11.8 Å². The second kappa shape index (κ2) is 6.01.